The Balaban J connectivity index is 1.42. The Morgan fingerprint density at radius 3 is 2.36 bits per heavy atom. The fraction of sp³-hybridized carbons (Fsp3) is 0.407. The average Bonchev–Trinajstić information content (AvgIpc) is 3.29. The number of primary amides is 1. The van der Waals surface area contributed by atoms with Crippen LogP contribution in [0.15, 0.2) is 41.8 Å². The Hall–Kier alpha value is -4.09. The van der Waals surface area contributed by atoms with Crippen LogP contribution in [-0.2, 0) is 40.8 Å². The third-order valence-electron chi connectivity index (χ3n) is 6.78. The lowest BCUT2D eigenvalue weighted by molar-refractivity contribution is -0.138. The highest BCUT2D eigenvalue weighted by Crippen LogP contribution is 2.34. The van der Waals surface area contributed by atoms with Crippen LogP contribution < -0.4 is 5.73 Å². The third-order valence-corrected chi connectivity index (χ3v) is 6.78. The second kappa shape index (κ2) is 10.2. The summed E-state index contributed by atoms with van der Waals surface area (Å²) < 4.78 is 45.0. The Morgan fingerprint density at radius 2 is 1.74 bits per heavy atom. The Morgan fingerprint density at radius 1 is 1.05 bits per heavy atom. The van der Waals surface area contributed by atoms with Gasteiger partial charge < -0.3 is 20.5 Å². The first-order chi connectivity index (χ1) is 18.1. The van der Waals surface area contributed by atoms with Crippen molar-refractivity contribution in [1.29, 1.82) is 0 Å². The summed E-state index contributed by atoms with van der Waals surface area (Å²) >= 11 is 0. The third kappa shape index (κ3) is 5.99. The molecule has 3 N–H and O–H groups in total. The number of aromatic nitrogens is 1. The molecule has 3 amide bonds. The van der Waals surface area contributed by atoms with Gasteiger partial charge in [0, 0.05) is 31.4 Å². The number of hydrogen-bond acceptors (Lipinski definition) is 6. The fourth-order valence-electron chi connectivity index (χ4n) is 4.66. The fourth-order valence-corrected chi connectivity index (χ4v) is 4.66. The number of nitrogens with two attached hydrogens (primary N) is 1. The van der Waals surface area contributed by atoms with Crippen molar-refractivity contribution in [3.63, 3.8) is 0 Å². The van der Waals surface area contributed by atoms with Gasteiger partial charge in [0.15, 0.2) is 0 Å². The van der Waals surface area contributed by atoms with Crippen LogP contribution in [0.2, 0.25) is 0 Å². The van der Waals surface area contributed by atoms with Crippen LogP contribution >= 0.6 is 0 Å². The van der Waals surface area contributed by atoms with Crippen molar-refractivity contribution in [1.82, 2.24) is 14.8 Å². The highest BCUT2D eigenvalue weighted by molar-refractivity contribution is 5.96. The number of amides is 3. The predicted octanol–water partition coefficient (Wildman–Crippen LogP) is 4.19. The summed E-state index contributed by atoms with van der Waals surface area (Å²) in [7, 11) is 0. The van der Waals surface area contributed by atoms with Gasteiger partial charge in [-0.3, -0.25) is 19.5 Å². The molecule has 1 aromatic carbocycles. The number of aliphatic hydroxyl groups is 1. The lowest BCUT2D eigenvalue weighted by Gasteiger charge is -2.27. The van der Waals surface area contributed by atoms with Crippen molar-refractivity contribution < 1.29 is 37.4 Å². The molecule has 3 heterocycles. The van der Waals surface area contributed by atoms with Gasteiger partial charge in [-0.1, -0.05) is 26.8 Å². The Bertz CT molecular complexity index is 1360. The molecule has 2 aromatic rings. The Labute approximate surface area is 223 Å². The van der Waals surface area contributed by atoms with Crippen molar-refractivity contribution in [3.05, 3.63) is 75.3 Å². The number of nitrogens with zero attached hydrogens (tertiary/aromatic N) is 3. The molecule has 1 aromatic heterocycles. The van der Waals surface area contributed by atoms with E-state index in [0.29, 0.717) is 11.1 Å². The number of hydrogen-bond donors (Lipinski definition) is 2. The predicted molar refractivity (Wildman–Crippen MR) is 133 cm³/mol. The van der Waals surface area contributed by atoms with Gasteiger partial charge in [0.2, 0.25) is 5.91 Å². The molecule has 208 valence electrons. The van der Waals surface area contributed by atoms with Crippen LogP contribution in [0.3, 0.4) is 0 Å². The molecule has 0 atom stereocenters. The molecule has 0 spiro atoms. The first-order valence-electron chi connectivity index (χ1n) is 12.3. The van der Waals surface area contributed by atoms with Gasteiger partial charge in [0.05, 0.1) is 23.4 Å². The molecule has 0 saturated heterocycles. The molecular weight excluding hydrogens is 517 g/mol. The number of aliphatic hydroxyl groups excluding tert-OH is 1. The van der Waals surface area contributed by atoms with Crippen LogP contribution in [0.25, 0.3) is 0 Å². The number of pyridine rings is 1. The average molecular weight is 547 g/mol. The zero-order valence-corrected chi connectivity index (χ0v) is 21.8. The van der Waals surface area contributed by atoms with E-state index in [0.717, 1.165) is 23.4 Å². The summed E-state index contributed by atoms with van der Waals surface area (Å²) in [5, 5.41) is 10.1. The van der Waals surface area contributed by atoms with E-state index in [4.69, 9.17) is 10.5 Å². The van der Waals surface area contributed by atoms with Gasteiger partial charge in [-0.05, 0) is 46.7 Å². The molecule has 0 saturated carbocycles. The summed E-state index contributed by atoms with van der Waals surface area (Å²) in [4.78, 5) is 44.0. The van der Waals surface area contributed by atoms with E-state index >= 15 is 0 Å². The number of carbonyl (C=O) groups is 3. The van der Waals surface area contributed by atoms with Crippen LogP contribution in [0.4, 0.5) is 18.0 Å². The second-order valence-corrected chi connectivity index (χ2v) is 10.6. The number of rotatable bonds is 4. The highest BCUT2D eigenvalue weighted by atomic mass is 19.4. The minimum atomic E-state index is -4.54. The molecule has 0 aliphatic carbocycles. The van der Waals surface area contributed by atoms with Crippen molar-refractivity contribution in [2.75, 3.05) is 13.1 Å². The minimum absolute atomic E-state index is 0.114. The SMILES string of the molecule is CC(C)(C)c1cc(C(F)(F)F)cnc1COC(=O)N1Cc2ccc(C(=O)N3CCC(C(N)=O)=C(O)C3)cc2C1. The maximum atomic E-state index is 13.2. The van der Waals surface area contributed by atoms with Gasteiger partial charge in [0.1, 0.15) is 12.4 Å². The highest BCUT2D eigenvalue weighted by Gasteiger charge is 2.34. The zero-order valence-electron chi connectivity index (χ0n) is 21.8. The molecule has 2 aliphatic heterocycles. The number of fused-ring (bicyclic) bond motifs is 1. The van der Waals surface area contributed by atoms with E-state index in [1.807, 2.05) is 0 Å². The summed E-state index contributed by atoms with van der Waals surface area (Å²) in [6.07, 6.45) is -4.32. The number of benzene rings is 1. The van der Waals surface area contributed by atoms with E-state index in [-0.39, 0.29) is 62.1 Å². The first-order valence-corrected chi connectivity index (χ1v) is 12.3. The van der Waals surface area contributed by atoms with Gasteiger partial charge in [-0.25, -0.2) is 4.79 Å². The number of carbonyl (C=O) groups excluding carboxylic acids is 3. The van der Waals surface area contributed by atoms with Crippen molar-refractivity contribution >= 4 is 17.9 Å². The van der Waals surface area contributed by atoms with Crippen molar-refractivity contribution in [2.24, 2.45) is 5.73 Å². The van der Waals surface area contributed by atoms with Crippen molar-refractivity contribution in [3.8, 4) is 0 Å². The summed E-state index contributed by atoms with van der Waals surface area (Å²) in [6.45, 7) is 5.49. The molecule has 0 bridgehead atoms. The lowest BCUT2D eigenvalue weighted by atomic mass is 9.85. The van der Waals surface area contributed by atoms with Crippen LogP contribution in [0, 0.1) is 0 Å². The van der Waals surface area contributed by atoms with Crippen molar-refractivity contribution in [2.45, 2.75) is 58.5 Å². The summed E-state index contributed by atoms with van der Waals surface area (Å²) in [6, 6.07) is 6.07. The monoisotopic (exact) mass is 546 g/mol. The van der Waals surface area contributed by atoms with Gasteiger partial charge in [-0.15, -0.1) is 0 Å². The number of halogens is 3. The molecule has 0 unspecified atom stereocenters. The summed E-state index contributed by atoms with van der Waals surface area (Å²) in [5.74, 6) is -1.28. The zero-order chi connectivity index (χ0) is 28.7. The van der Waals surface area contributed by atoms with E-state index in [2.05, 4.69) is 4.98 Å². The molecule has 0 radical (unpaired) electrons. The van der Waals surface area contributed by atoms with Gasteiger partial charge in [-0.2, -0.15) is 13.2 Å². The van der Waals surface area contributed by atoms with Crippen LogP contribution in [0.1, 0.15) is 65.5 Å². The van der Waals surface area contributed by atoms with Gasteiger partial charge in [0.25, 0.3) is 5.91 Å². The molecule has 2 aliphatic rings. The molecular formula is C27H29F3N4O5. The first kappa shape index (κ1) is 27.9. The maximum Gasteiger partial charge on any atom is 0.417 e. The molecule has 9 nitrogen and oxygen atoms in total. The van der Waals surface area contributed by atoms with Crippen LogP contribution in [0.5, 0.6) is 0 Å². The maximum absolute atomic E-state index is 13.2. The quantitative estimate of drug-likeness (QED) is 0.592. The molecule has 4 rings (SSSR count). The largest absolute Gasteiger partial charge is 0.510 e. The molecule has 0 fully saturated rings. The van der Waals surface area contributed by atoms with E-state index in [1.54, 1.807) is 39.0 Å². The second-order valence-electron chi connectivity index (χ2n) is 10.6. The Kier molecular flexibility index (Phi) is 7.33. The number of alkyl halides is 3. The smallest absolute Gasteiger partial charge is 0.417 e. The number of ether oxygens (including phenoxy) is 1. The molecule has 39 heavy (non-hydrogen) atoms. The van der Waals surface area contributed by atoms with E-state index in [1.165, 1.54) is 9.80 Å². The minimum Gasteiger partial charge on any atom is -0.510 e. The van der Waals surface area contributed by atoms with Gasteiger partial charge >= 0.3 is 12.3 Å². The molecule has 12 heteroatoms. The summed E-state index contributed by atoms with van der Waals surface area (Å²) in [5.41, 5.74) is 6.34. The normalized spacial score (nSPS) is 15.8. The lowest BCUT2D eigenvalue weighted by Crippen LogP contribution is -2.39. The van der Waals surface area contributed by atoms with E-state index < -0.39 is 29.2 Å². The topological polar surface area (TPSA) is 126 Å². The van der Waals surface area contributed by atoms with Crippen LogP contribution in [-0.4, -0.2) is 50.9 Å². The standard InChI is InChI=1S/C27H29F3N4O5/c1-26(2,3)20-9-18(27(28,29)30)10-32-21(20)14-39-25(38)34-11-16-5-4-15(8-17(16)12-34)24(37)33-7-6-19(23(31)36)22(35)13-33/h4-5,8-10,35H,6-7,11-14H2,1-3H3,(H2,31,36). The van der Waals surface area contributed by atoms with E-state index in [9.17, 15) is 32.7 Å².